The lowest BCUT2D eigenvalue weighted by Gasteiger charge is -2.45. The van der Waals surface area contributed by atoms with Crippen LogP contribution in [0.1, 0.15) is 18.7 Å². The highest BCUT2D eigenvalue weighted by Gasteiger charge is 2.51. The number of imidazole rings is 3. The number of anilines is 1. The average molecular weight is 713 g/mol. The molecule has 4 N–H and O–H groups in total. The molecule has 2 bridgehead atoms. The molecule has 0 amide bonds. The molecule has 5 aromatic rings. The van der Waals surface area contributed by atoms with E-state index in [-0.39, 0.29) is 54.1 Å². The van der Waals surface area contributed by atoms with Crippen molar-refractivity contribution in [3.8, 4) is 5.88 Å². The van der Waals surface area contributed by atoms with E-state index in [0.717, 1.165) is 0 Å². The van der Waals surface area contributed by atoms with Crippen LogP contribution < -0.4 is 5.73 Å². The van der Waals surface area contributed by atoms with Gasteiger partial charge in [-0.15, -0.1) is 0 Å². The highest BCUT2D eigenvalue weighted by Crippen LogP contribution is 2.60. The lowest BCUT2D eigenvalue weighted by Crippen LogP contribution is -2.43. The highest BCUT2D eigenvalue weighted by molar-refractivity contribution is 8.44. The second-order valence-corrected chi connectivity index (χ2v) is 16.9. The van der Waals surface area contributed by atoms with Crippen LogP contribution >= 0.6 is 38.1 Å². The smallest absolute Gasteiger partial charge is 0.386 e. The third kappa shape index (κ3) is 5.09. The maximum Gasteiger partial charge on any atom is 0.386 e. The fourth-order valence-corrected chi connectivity index (χ4v) is 8.90. The first-order valence-corrected chi connectivity index (χ1v) is 19.3. The largest absolute Gasteiger partial charge is 0.492 e. The third-order valence-electron chi connectivity index (χ3n) is 8.55. The number of thiol groups is 2. The molecule has 8 rings (SSSR count). The minimum Gasteiger partial charge on any atom is -0.492 e. The zero-order chi connectivity index (χ0) is 32.0. The van der Waals surface area contributed by atoms with Crippen molar-refractivity contribution in [2.75, 3.05) is 25.6 Å². The molecule has 1 aliphatic carbocycles. The van der Waals surface area contributed by atoms with Crippen molar-refractivity contribution in [2.45, 2.75) is 37.0 Å². The van der Waals surface area contributed by atoms with Crippen molar-refractivity contribution in [3.05, 3.63) is 31.4 Å². The quantitative estimate of drug-likeness (QED) is 0.130. The monoisotopic (exact) mass is 712 g/mol. The van der Waals surface area contributed by atoms with Gasteiger partial charge in [0.1, 0.15) is 30.2 Å². The Hall–Kier alpha value is -2.84. The topological polar surface area (TPSA) is 238 Å². The fraction of sp³-hybridized carbons (Fsp3) is 0.478. The van der Waals surface area contributed by atoms with Crippen molar-refractivity contribution < 1.29 is 42.2 Å². The molecule has 19 nitrogen and oxygen atoms in total. The minimum absolute atomic E-state index is 0.0732. The molecule has 46 heavy (non-hydrogen) atoms. The molecule has 0 spiro atoms. The Morgan fingerprint density at radius 1 is 0.957 bits per heavy atom. The van der Waals surface area contributed by atoms with Gasteiger partial charge in [0.2, 0.25) is 11.7 Å². The maximum absolute atomic E-state index is 13.7. The highest BCUT2D eigenvalue weighted by atomic mass is 32.7. The zero-order valence-electron chi connectivity index (χ0n) is 23.4. The van der Waals surface area contributed by atoms with Crippen LogP contribution in [0.15, 0.2) is 31.4 Å². The first kappa shape index (κ1) is 30.5. The maximum atomic E-state index is 13.7. The van der Waals surface area contributed by atoms with Gasteiger partial charge in [-0.2, -0.15) is 4.98 Å². The van der Waals surface area contributed by atoms with E-state index in [2.05, 4.69) is 54.4 Å². The normalized spacial score (nSPS) is 35.7. The Morgan fingerprint density at radius 2 is 1.72 bits per heavy atom. The Bertz CT molecular complexity index is 2080. The van der Waals surface area contributed by atoms with Crippen LogP contribution in [0.25, 0.3) is 28.1 Å². The van der Waals surface area contributed by atoms with Crippen molar-refractivity contribution in [1.29, 1.82) is 0 Å². The number of ether oxygens (including phenoxy) is 1. The summed E-state index contributed by atoms with van der Waals surface area (Å²) in [5.74, 6) is -0.554. The molecule has 5 aromatic heterocycles. The number of hydrogen-bond acceptors (Lipinski definition) is 16. The Morgan fingerprint density at radius 3 is 2.57 bits per heavy atom. The summed E-state index contributed by atoms with van der Waals surface area (Å²) in [7, 11) is 0. The number of nitrogen functional groups attached to an aromatic ring is 1. The minimum atomic E-state index is -4.14. The predicted molar refractivity (Wildman–Crippen MR) is 164 cm³/mol. The molecule has 244 valence electrons. The molecule has 2 saturated heterocycles. The van der Waals surface area contributed by atoms with E-state index in [1.165, 1.54) is 23.4 Å². The van der Waals surface area contributed by atoms with Gasteiger partial charge in [-0.3, -0.25) is 18.0 Å². The Balaban J connectivity index is 1.11. The van der Waals surface area contributed by atoms with Crippen LogP contribution in [-0.4, -0.2) is 91.8 Å². The number of nitrogens with zero attached hydrogens (tertiary/aromatic N) is 9. The summed E-state index contributed by atoms with van der Waals surface area (Å²) in [5, 5.41) is 21.8. The van der Waals surface area contributed by atoms with Gasteiger partial charge < -0.3 is 34.3 Å². The number of aromatic hydroxyl groups is 1. The van der Waals surface area contributed by atoms with Gasteiger partial charge in [-0.25, -0.2) is 34.0 Å². The predicted octanol–water partition coefficient (Wildman–Crippen LogP) is 2.17. The summed E-state index contributed by atoms with van der Waals surface area (Å²) in [6.07, 6.45) is 2.69. The van der Waals surface area contributed by atoms with Crippen molar-refractivity contribution >= 4 is 72.0 Å². The summed E-state index contributed by atoms with van der Waals surface area (Å²) in [4.78, 5) is 25.0. The van der Waals surface area contributed by atoms with Crippen LogP contribution in [-0.2, 0) is 32.0 Å². The Kier molecular flexibility index (Phi) is 7.37. The number of aliphatic hydroxyl groups is 1. The molecule has 0 radical (unpaired) electrons. The van der Waals surface area contributed by atoms with Gasteiger partial charge in [0.25, 0.3) is 0 Å². The van der Waals surface area contributed by atoms with Crippen LogP contribution in [0, 0.1) is 11.8 Å². The number of hydrogen-bond donors (Lipinski definition) is 5. The van der Waals surface area contributed by atoms with E-state index >= 15 is 0 Å². The van der Waals surface area contributed by atoms with Crippen LogP contribution in [0.3, 0.4) is 0 Å². The number of nitrogens with two attached hydrogens (primary N) is 1. The molecular formula is C23H26N10O9P2S2. The summed E-state index contributed by atoms with van der Waals surface area (Å²) in [6, 6.07) is -0.222. The molecule has 1 saturated carbocycles. The fourth-order valence-electron chi connectivity index (χ4n) is 6.23. The molecule has 9 atom stereocenters. The second kappa shape index (κ2) is 11.1. The second-order valence-electron chi connectivity index (χ2n) is 11.1. The van der Waals surface area contributed by atoms with Crippen LogP contribution in [0.2, 0.25) is 0 Å². The summed E-state index contributed by atoms with van der Waals surface area (Å²) < 4.78 is 60.8. The SMILES string of the molecule is Nc1ncnc2c1ncn2[C@@H]1C[C@@H]2COP(=O)(S)O[C@@H]3[C@H](O)[C@@H](COP(=O)(S)OC[C@H]21)O[C@H]3n1cnc2c(O)nc3nccn3c21. The molecule has 2 unspecified atom stereocenters. The standard InChI is InChI=1S/C23H26N10O9P2S2/c24-18-14-19(27-7-26-18)32(8-28-14)12-3-10-4-38-44(37,46)42-17-16(34)13(6-40-43(36,45)39-5-11(10)12)41-22(17)33-9-29-15-20(35)30-23-25-1-2-31(23)21(15)33/h1-2,7-13,16-17,22,34H,3-6H2,(H,36,45)(H,37,46)(H2,24,26,27)(H,25,30,35)/t10-,11-,12-,13-,16-,17-,22-,43?,44?/m1/s1. The molecular weight excluding hydrogens is 686 g/mol. The van der Waals surface area contributed by atoms with Crippen molar-refractivity contribution in [2.24, 2.45) is 11.8 Å². The van der Waals surface area contributed by atoms with E-state index in [1.54, 1.807) is 16.9 Å². The molecule has 23 heteroatoms. The number of aromatic nitrogens is 9. The van der Waals surface area contributed by atoms with Gasteiger partial charge in [-0.1, -0.05) is 24.5 Å². The van der Waals surface area contributed by atoms with E-state index < -0.39 is 44.7 Å². The summed E-state index contributed by atoms with van der Waals surface area (Å²) >= 11 is 8.39. The van der Waals surface area contributed by atoms with E-state index in [0.29, 0.717) is 23.2 Å². The first-order chi connectivity index (χ1) is 22.0. The lowest BCUT2D eigenvalue weighted by atomic mass is 9.70. The van der Waals surface area contributed by atoms with Gasteiger partial charge in [0.15, 0.2) is 28.9 Å². The van der Waals surface area contributed by atoms with E-state index in [1.807, 2.05) is 4.57 Å². The van der Waals surface area contributed by atoms with Crippen molar-refractivity contribution in [3.63, 3.8) is 0 Å². The van der Waals surface area contributed by atoms with E-state index in [4.69, 9.17) is 28.6 Å². The number of rotatable bonds is 2. The van der Waals surface area contributed by atoms with Crippen molar-refractivity contribution in [1.82, 2.24) is 43.4 Å². The first-order valence-electron chi connectivity index (χ1n) is 13.9. The lowest BCUT2D eigenvalue weighted by molar-refractivity contribution is -0.0463. The molecule has 3 aliphatic rings. The number of fused-ring (bicyclic) bond motifs is 7. The van der Waals surface area contributed by atoms with Gasteiger partial charge >= 0.3 is 13.6 Å². The summed E-state index contributed by atoms with van der Waals surface area (Å²) in [5.41, 5.74) is 7.32. The van der Waals surface area contributed by atoms with Gasteiger partial charge in [0.05, 0.1) is 32.5 Å². The molecule has 7 heterocycles. The molecule has 2 aliphatic heterocycles. The number of aliphatic hydroxyl groups excluding tert-OH is 1. The molecule has 3 fully saturated rings. The summed E-state index contributed by atoms with van der Waals surface area (Å²) in [6.45, 7) is -8.70. The Labute approximate surface area is 268 Å². The zero-order valence-corrected chi connectivity index (χ0v) is 27.0. The van der Waals surface area contributed by atoms with Gasteiger partial charge in [0, 0.05) is 24.4 Å². The molecule has 0 aromatic carbocycles. The van der Waals surface area contributed by atoms with Crippen LogP contribution in [0.4, 0.5) is 5.82 Å². The van der Waals surface area contributed by atoms with E-state index in [9.17, 15) is 19.3 Å². The van der Waals surface area contributed by atoms with Gasteiger partial charge in [-0.05, 0) is 12.3 Å². The third-order valence-corrected chi connectivity index (χ3v) is 11.8. The van der Waals surface area contributed by atoms with Crippen LogP contribution in [0.5, 0.6) is 5.88 Å². The average Bonchev–Trinajstić information content (AvgIpc) is 3.78.